The molecular weight excluding hydrogens is 404 g/mol. The van der Waals surface area contributed by atoms with Crippen LogP contribution in [0, 0.1) is 0 Å². The Balaban J connectivity index is 1.77. The van der Waals surface area contributed by atoms with E-state index in [-0.39, 0.29) is 17.9 Å². The molecule has 1 unspecified atom stereocenters. The number of ketones is 1. The van der Waals surface area contributed by atoms with E-state index < -0.39 is 17.7 Å². The maximum Gasteiger partial charge on any atom is 0.295 e. The highest BCUT2D eigenvalue weighted by atomic mass is 16.5. The molecule has 0 saturated carbocycles. The lowest BCUT2D eigenvalue weighted by Crippen LogP contribution is -2.29. The molecule has 1 fully saturated rings. The van der Waals surface area contributed by atoms with E-state index in [0.29, 0.717) is 17.9 Å². The summed E-state index contributed by atoms with van der Waals surface area (Å²) in [4.78, 5) is 31.6. The van der Waals surface area contributed by atoms with Crippen molar-refractivity contribution in [3.8, 4) is 5.75 Å². The Labute approximate surface area is 186 Å². The van der Waals surface area contributed by atoms with Crippen LogP contribution in [0.25, 0.3) is 5.76 Å². The number of likely N-dealkylation sites (tertiary alicyclic amines) is 1. The summed E-state index contributed by atoms with van der Waals surface area (Å²) in [5, 5.41) is 11.1. The molecule has 1 saturated heterocycles. The number of aromatic nitrogens is 1. The predicted molar refractivity (Wildman–Crippen MR) is 121 cm³/mol. The number of nitrogens with zero attached hydrogens (tertiary/aromatic N) is 2. The number of hydrogen-bond donors (Lipinski definition) is 1. The van der Waals surface area contributed by atoms with Gasteiger partial charge in [0.2, 0.25) is 0 Å². The summed E-state index contributed by atoms with van der Waals surface area (Å²) in [6, 6.07) is 18.8. The van der Waals surface area contributed by atoms with E-state index in [1.54, 1.807) is 48.8 Å². The Bertz CT molecular complexity index is 1160. The summed E-state index contributed by atoms with van der Waals surface area (Å²) in [5.74, 6) is -0.985. The molecule has 2 aromatic carbocycles. The molecule has 1 amide bonds. The van der Waals surface area contributed by atoms with E-state index in [0.717, 1.165) is 11.1 Å². The fraction of sp³-hybridized carbons (Fsp3) is 0.115. The van der Waals surface area contributed by atoms with E-state index in [9.17, 15) is 14.7 Å². The number of ether oxygens (including phenoxy) is 1. The minimum atomic E-state index is -0.716. The highest BCUT2D eigenvalue weighted by Gasteiger charge is 2.46. The minimum absolute atomic E-state index is 0.0600. The van der Waals surface area contributed by atoms with Crippen molar-refractivity contribution < 1.29 is 19.4 Å². The van der Waals surface area contributed by atoms with E-state index in [4.69, 9.17) is 4.74 Å². The molecule has 6 heteroatoms. The SMILES string of the molecule is C=CCOc1ccc(C(O)=C2C(=O)C(=O)N(Cc3cccnc3)C2c2ccccc2)cc1. The van der Waals surface area contributed by atoms with Crippen molar-refractivity contribution in [3.05, 3.63) is 114 Å². The average molecular weight is 426 g/mol. The Hall–Kier alpha value is -4.19. The summed E-state index contributed by atoms with van der Waals surface area (Å²) in [6.07, 6.45) is 4.94. The molecule has 4 rings (SSSR count). The molecular formula is C26H22N2O4. The molecule has 2 heterocycles. The van der Waals surface area contributed by atoms with Gasteiger partial charge < -0.3 is 14.7 Å². The molecule has 0 radical (unpaired) electrons. The number of benzene rings is 2. The first kappa shape index (κ1) is 21.1. The fourth-order valence-electron chi connectivity index (χ4n) is 3.73. The summed E-state index contributed by atoms with van der Waals surface area (Å²) in [7, 11) is 0. The number of aliphatic hydroxyl groups is 1. The van der Waals surface area contributed by atoms with Gasteiger partial charge in [0.15, 0.2) is 0 Å². The van der Waals surface area contributed by atoms with E-state index >= 15 is 0 Å². The summed E-state index contributed by atoms with van der Waals surface area (Å²) >= 11 is 0. The molecule has 1 aliphatic heterocycles. The minimum Gasteiger partial charge on any atom is -0.507 e. The van der Waals surface area contributed by atoms with Gasteiger partial charge in [-0.15, -0.1) is 0 Å². The van der Waals surface area contributed by atoms with Crippen molar-refractivity contribution in [2.45, 2.75) is 12.6 Å². The second-order valence-corrected chi connectivity index (χ2v) is 7.32. The molecule has 3 aromatic rings. The van der Waals surface area contributed by atoms with E-state index in [2.05, 4.69) is 11.6 Å². The van der Waals surface area contributed by atoms with Crippen LogP contribution in [0.2, 0.25) is 0 Å². The number of aliphatic hydroxyl groups excluding tert-OH is 1. The summed E-state index contributed by atoms with van der Waals surface area (Å²) in [5.41, 5.74) is 2.02. The Morgan fingerprint density at radius 1 is 1.06 bits per heavy atom. The zero-order valence-electron chi connectivity index (χ0n) is 17.3. The predicted octanol–water partition coefficient (Wildman–Crippen LogP) is 4.27. The van der Waals surface area contributed by atoms with Crippen molar-refractivity contribution >= 4 is 17.4 Å². The Morgan fingerprint density at radius 2 is 1.81 bits per heavy atom. The molecule has 1 N–H and O–H groups in total. The monoisotopic (exact) mass is 426 g/mol. The second-order valence-electron chi connectivity index (χ2n) is 7.32. The molecule has 0 aliphatic carbocycles. The number of carbonyl (C=O) groups is 2. The molecule has 0 bridgehead atoms. The Morgan fingerprint density at radius 3 is 2.47 bits per heavy atom. The number of amides is 1. The van der Waals surface area contributed by atoms with Crippen molar-refractivity contribution in [2.24, 2.45) is 0 Å². The van der Waals surface area contributed by atoms with Gasteiger partial charge in [0.05, 0.1) is 11.6 Å². The van der Waals surface area contributed by atoms with Gasteiger partial charge in [-0.2, -0.15) is 0 Å². The zero-order valence-corrected chi connectivity index (χ0v) is 17.3. The van der Waals surface area contributed by atoms with Crippen LogP contribution in [0.5, 0.6) is 5.75 Å². The van der Waals surface area contributed by atoms with Crippen molar-refractivity contribution in [3.63, 3.8) is 0 Å². The van der Waals surface area contributed by atoms with Crippen LogP contribution < -0.4 is 4.74 Å². The summed E-state index contributed by atoms with van der Waals surface area (Å²) < 4.78 is 5.48. The molecule has 32 heavy (non-hydrogen) atoms. The van der Waals surface area contributed by atoms with E-state index in [1.165, 1.54) is 4.90 Å². The number of rotatable bonds is 7. The fourth-order valence-corrected chi connectivity index (χ4v) is 3.73. The van der Waals surface area contributed by atoms with Crippen LogP contribution in [0.1, 0.15) is 22.7 Å². The third-order valence-corrected chi connectivity index (χ3v) is 5.23. The van der Waals surface area contributed by atoms with Crippen LogP contribution in [-0.2, 0) is 16.1 Å². The highest BCUT2D eigenvalue weighted by molar-refractivity contribution is 6.46. The molecule has 1 atom stereocenters. The van der Waals surface area contributed by atoms with Gasteiger partial charge in [0.25, 0.3) is 11.7 Å². The Kier molecular flexibility index (Phi) is 6.12. The van der Waals surface area contributed by atoms with Gasteiger partial charge >= 0.3 is 0 Å². The van der Waals surface area contributed by atoms with Crippen LogP contribution in [-0.4, -0.2) is 33.3 Å². The lowest BCUT2D eigenvalue weighted by atomic mass is 9.95. The molecule has 1 aromatic heterocycles. The van der Waals surface area contributed by atoms with E-state index in [1.807, 2.05) is 36.4 Å². The highest BCUT2D eigenvalue weighted by Crippen LogP contribution is 2.40. The lowest BCUT2D eigenvalue weighted by Gasteiger charge is -2.25. The van der Waals surface area contributed by atoms with Crippen LogP contribution in [0.4, 0.5) is 0 Å². The third-order valence-electron chi connectivity index (χ3n) is 5.23. The normalized spacial score (nSPS) is 17.4. The first-order valence-electron chi connectivity index (χ1n) is 10.2. The van der Waals surface area contributed by atoms with Gasteiger partial charge in [-0.25, -0.2) is 0 Å². The zero-order chi connectivity index (χ0) is 22.5. The van der Waals surface area contributed by atoms with Crippen molar-refractivity contribution in [1.29, 1.82) is 0 Å². The number of pyridine rings is 1. The van der Waals surface area contributed by atoms with Gasteiger partial charge in [-0.3, -0.25) is 14.6 Å². The standard InChI is InChI=1S/C26H22N2O4/c1-2-15-32-21-12-10-20(11-13-21)24(29)22-23(19-8-4-3-5-9-19)28(26(31)25(22)30)17-18-7-6-14-27-16-18/h2-14,16,23,29H,1,15,17H2. The lowest BCUT2D eigenvalue weighted by molar-refractivity contribution is -0.140. The largest absolute Gasteiger partial charge is 0.507 e. The topological polar surface area (TPSA) is 79.7 Å². The molecule has 6 nitrogen and oxygen atoms in total. The number of Topliss-reactive ketones (excluding diaryl/α,β-unsaturated/α-hetero) is 1. The maximum atomic E-state index is 13.1. The quantitative estimate of drug-likeness (QED) is 0.264. The summed E-state index contributed by atoms with van der Waals surface area (Å²) in [6.45, 7) is 4.17. The van der Waals surface area contributed by atoms with Crippen LogP contribution in [0.3, 0.4) is 0 Å². The smallest absolute Gasteiger partial charge is 0.295 e. The first-order chi connectivity index (χ1) is 15.6. The van der Waals surface area contributed by atoms with Gasteiger partial charge in [-0.05, 0) is 41.5 Å². The third kappa shape index (κ3) is 4.16. The first-order valence-corrected chi connectivity index (χ1v) is 10.2. The van der Waals surface area contributed by atoms with Crippen molar-refractivity contribution in [1.82, 2.24) is 9.88 Å². The van der Waals surface area contributed by atoms with Crippen molar-refractivity contribution in [2.75, 3.05) is 6.61 Å². The molecule has 0 spiro atoms. The second kappa shape index (κ2) is 9.31. The molecule has 160 valence electrons. The van der Waals surface area contributed by atoms with Crippen LogP contribution >= 0.6 is 0 Å². The van der Waals surface area contributed by atoms with Crippen LogP contribution in [0.15, 0.2) is 97.4 Å². The molecule has 1 aliphatic rings. The maximum absolute atomic E-state index is 13.1. The van der Waals surface area contributed by atoms with Gasteiger partial charge in [0, 0.05) is 24.5 Å². The van der Waals surface area contributed by atoms with Gasteiger partial charge in [-0.1, -0.05) is 49.1 Å². The number of carbonyl (C=O) groups excluding carboxylic acids is 2. The number of hydrogen-bond acceptors (Lipinski definition) is 5. The average Bonchev–Trinajstić information content (AvgIpc) is 3.09. The van der Waals surface area contributed by atoms with Gasteiger partial charge in [0.1, 0.15) is 18.1 Å².